The van der Waals surface area contributed by atoms with E-state index < -0.39 is 18.1 Å². The SMILES string of the molecule is COc1ccc2nccc(C(F)CC[C@@H]3CCN(CCCc4cccc(Cl)c4)C[C@@H]3C(=O)O)c2c1. The van der Waals surface area contributed by atoms with Crippen LogP contribution < -0.4 is 4.74 Å². The number of aromatic nitrogens is 1. The minimum Gasteiger partial charge on any atom is -0.497 e. The number of ether oxygens (including phenoxy) is 1. The monoisotopic (exact) mass is 498 g/mol. The number of benzene rings is 2. The number of hydrogen-bond acceptors (Lipinski definition) is 4. The highest BCUT2D eigenvalue weighted by molar-refractivity contribution is 6.30. The van der Waals surface area contributed by atoms with Crippen LogP contribution in [0.1, 0.15) is 43.0 Å². The Morgan fingerprint density at radius 2 is 2.14 bits per heavy atom. The number of methoxy groups -OCH3 is 1. The van der Waals surface area contributed by atoms with Crippen LogP contribution in [0.25, 0.3) is 10.9 Å². The highest BCUT2D eigenvalue weighted by Crippen LogP contribution is 2.35. The van der Waals surface area contributed by atoms with Crippen LogP contribution in [0.4, 0.5) is 4.39 Å². The lowest BCUT2D eigenvalue weighted by molar-refractivity contribution is -0.146. The zero-order valence-corrected chi connectivity index (χ0v) is 20.8. The van der Waals surface area contributed by atoms with Crippen LogP contribution in [0.3, 0.4) is 0 Å². The molecule has 186 valence electrons. The molecule has 3 atom stereocenters. The first-order valence-electron chi connectivity index (χ1n) is 12.2. The van der Waals surface area contributed by atoms with Crippen molar-refractivity contribution in [2.75, 3.05) is 26.7 Å². The minimum atomic E-state index is -1.18. The summed E-state index contributed by atoms with van der Waals surface area (Å²) >= 11 is 6.06. The fraction of sp³-hybridized carbons (Fsp3) is 0.429. The predicted molar refractivity (Wildman–Crippen MR) is 137 cm³/mol. The molecule has 0 aliphatic carbocycles. The van der Waals surface area contributed by atoms with Crippen molar-refractivity contribution >= 4 is 28.5 Å². The number of carboxylic acids is 1. The molecule has 1 aliphatic rings. The normalized spacial score (nSPS) is 19.5. The number of aryl methyl sites for hydroxylation is 1. The standard InChI is InChI=1S/C28H32ClFN2O3/c1-35-22-8-10-27-24(17-22)23(11-13-31-27)26(30)9-7-20-12-15-32(18-25(20)28(33)34)14-3-5-19-4-2-6-21(29)16-19/h2,4,6,8,10-11,13,16-17,20,25-26H,3,5,7,9,12,14-15,18H2,1H3,(H,33,34)/t20-,25+,26?/m1/s1. The number of nitrogens with zero attached hydrogens (tertiary/aromatic N) is 2. The molecule has 1 aromatic heterocycles. The fourth-order valence-corrected chi connectivity index (χ4v) is 5.37. The summed E-state index contributed by atoms with van der Waals surface area (Å²) in [6.07, 6.45) is 3.90. The first kappa shape index (κ1) is 25.4. The highest BCUT2D eigenvalue weighted by Gasteiger charge is 2.34. The van der Waals surface area contributed by atoms with E-state index >= 15 is 4.39 Å². The first-order valence-corrected chi connectivity index (χ1v) is 12.6. The molecular formula is C28H32ClFN2O3. The fourth-order valence-electron chi connectivity index (χ4n) is 5.16. The van der Waals surface area contributed by atoms with E-state index in [1.165, 1.54) is 5.56 Å². The Morgan fingerprint density at radius 1 is 1.29 bits per heavy atom. The molecule has 7 heteroatoms. The van der Waals surface area contributed by atoms with Gasteiger partial charge in [-0.3, -0.25) is 9.78 Å². The summed E-state index contributed by atoms with van der Waals surface area (Å²) in [7, 11) is 1.58. The summed E-state index contributed by atoms with van der Waals surface area (Å²) in [5.41, 5.74) is 2.50. The number of carbonyl (C=O) groups is 1. The molecule has 1 fully saturated rings. The molecular weight excluding hydrogens is 467 g/mol. The van der Waals surface area contributed by atoms with Gasteiger partial charge in [-0.25, -0.2) is 4.39 Å². The molecule has 3 aromatic rings. The summed E-state index contributed by atoms with van der Waals surface area (Å²) in [6, 6.07) is 15.0. The zero-order valence-electron chi connectivity index (χ0n) is 20.0. The predicted octanol–water partition coefficient (Wildman–Crippen LogP) is 6.34. The average Bonchev–Trinajstić information content (AvgIpc) is 2.87. The van der Waals surface area contributed by atoms with Gasteiger partial charge >= 0.3 is 5.97 Å². The van der Waals surface area contributed by atoms with Crippen LogP contribution in [-0.2, 0) is 11.2 Å². The van der Waals surface area contributed by atoms with Crippen molar-refractivity contribution in [2.45, 2.75) is 38.3 Å². The van der Waals surface area contributed by atoms with E-state index in [4.69, 9.17) is 16.3 Å². The van der Waals surface area contributed by atoms with Crippen molar-refractivity contribution in [3.8, 4) is 5.75 Å². The second-order valence-corrected chi connectivity index (χ2v) is 9.79. The van der Waals surface area contributed by atoms with Crippen LogP contribution >= 0.6 is 11.6 Å². The van der Waals surface area contributed by atoms with Crippen molar-refractivity contribution in [3.63, 3.8) is 0 Å². The molecule has 1 saturated heterocycles. The third kappa shape index (κ3) is 6.50. The number of rotatable bonds is 10. The number of hydrogen-bond donors (Lipinski definition) is 1. The number of halogens is 2. The van der Waals surface area contributed by atoms with E-state index in [9.17, 15) is 9.90 Å². The number of alkyl halides is 1. The Balaban J connectivity index is 1.33. The molecule has 1 N–H and O–H groups in total. The topological polar surface area (TPSA) is 62.7 Å². The van der Waals surface area contributed by atoms with Gasteiger partial charge in [0.25, 0.3) is 0 Å². The van der Waals surface area contributed by atoms with E-state index in [2.05, 4.69) is 16.0 Å². The molecule has 5 nitrogen and oxygen atoms in total. The van der Waals surface area contributed by atoms with Crippen LogP contribution in [0.5, 0.6) is 5.75 Å². The van der Waals surface area contributed by atoms with Gasteiger partial charge in [0.1, 0.15) is 11.9 Å². The number of fused-ring (bicyclic) bond motifs is 1. The van der Waals surface area contributed by atoms with Gasteiger partial charge in [0.05, 0.1) is 18.5 Å². The lowest BCUT2D eigenvalue weighted by atomic mass is 9.81. The van der Waals surface area contributed by atoms with E-state index in [0.717, 1.165) is 48.3 Å². The highest BCUT2D eigenvalue weighted by atomic mass is 35.5. The van der Waals surface area contributed by atoms with Crippen LogP contribution in [-0.4, -0.2) is 47.7 Å². The average molecular weight is 499 g/mol. The van der Waals surface area contributed by atoms with Gasteiger partial charge in [0, 0.05) is 23.2 Å². The maximum Gasteiger partial charge on any atom is 0.308 e. The summed E-state index contributed by atoms with van der Waals surface area (Å²) in [5, 5.41) is 11.4. The third-order valence-corrected chi connectivity index (χ3v) is 7.33. The number of carboxylic acid groups (broad SMARTS) is 1. The van der Waals surface area contributed by atoms with Gasteiger partial charge in [-0.1, -0.05) is 23.7 Å². The van der Waals surface area contributed by atoms with E-state index in [1.807, 2.05) is 36.4 Å². The van der Waals surface area contributed by atoms with Gasteiger partial charge < -0.3 is 14.7 Å². The second-order valence-electron chi connectivity index (χ2n) is 9.36. The largest absolute Gasteiger partial charge is 0.497 e. The van der Waals surface area contributed by atoms with Gasteiger partial charge in [0.2, 0.25) is 0 Å². The molecule has 2 aromatic carbocycles. The minimum absolute atomic E-state index is 0.0300. The molecule has 1 aliphatic heterocycles. The van der Waals surface area contributed by atoms with Gasteiger partial charge in [-0.2, -0.15) is 0 Å². The number of likely N-dealkylation sites (tertiary alicyclic amines) is 1. The second kappa shape index (κ2) is 11.8. The lowest BCUT2D eigenvalue weighted by Crippen LogP contribution is -2.44. The van der Waals surface area contributed by atoms with Crippen molar-refractivity contribution < 1.29 is 19.0 Å². The molecule has 35 heavy (non-hydrogen) atoms. The molecule has 1 unspecified atom stereocenters. The molecule has 0 radical (unpaired) electrons. The van der Waals surface area contributed by atoms with Crippen molar-refractivity contribution in [2.24, 2.45) is 11.8 Å². The quantitative estimate of drug-likeness (QED) is 0.353. The molecule has 0 amide bonds. The Hall–Kier alpha value is -2.70. The summed E-state index contributed by atoms with van der Waals surface area (Å²) in [4.78, 5) is 18.6. The molecule has 4 rings (SSSR count). The molecule has 0 spiro atoms. The Kier molecular flexibility index (Phi) is 8.58. The number of piperidine rings is 1. The maximum absolute atomic E-state index is 15.4. The molecule has 0 bridgehead atoms. The van der Waals surface area contributed by atoms with E-state index in [1.54, 1.807) is 19.4 Å². The smallest absolute Gasteiger partial charge is 0.308 e. The number of pyridine rings is 1. The molecule has 2 heterocycles. The van der Waals surface area contributed by atoms with E-state index in [-0.39, 0.29) is 5.92 Å². The first-order chi connectivity index (χ1) is 16.9. The zero-order chi connectivity index (χ0) is 24.8. The van der Waals surface area contributed by atoms with E-state index in [0.29, 0.717) is 30.7 Å². The summed E-state index contributed by atoms with van der Waals surface area (Å²) in [5.74, 6) is -0.634. The Labute approximate surface area is 210 Å². The lowest BCUT2D eigenvalue weighted by Gasteiger charge is -2.37. The van der Waals surface area contributed by atoms with Gasteiger partial charge in [-0.05, 0) is 98.6 Å². The third-order valence-electron chi connectivity index (χ3n) is 7.10. The Morgan fingerprint density at radius 3 is 2.91 bits per heavy atom. The van der Waals surface area contributed by atoms with Crippen LogP contribution in [0.2, 0.25) is 5.02 Å². The van der Waals surface area contributed by atoms with Crippen LogP contribution in [0, 0.1) is 11.8 Å². The molecule has 0 saturated carbocycles. The van der Waals surface area contributed by atoms with Crippen molar-refractivity contribution in [1.82, 2.24) is 9.88 Å². The van der Waals surface area contributed by atoms with Gasteiger partial charge in [0.15, 0.2) is 0 Å². The summed E-state index contributed by atoms with van der Waals surface area (Å²) < 4.78 is 20.7. The number of aliphatic carboxylic acids is 1. The van der Waals surface area contributed by atoms with Gasteiger partial charge in [-0.15, -0.1) is 0 Å². The maximum atomic E-state index is 15.4. The van der Waals surface area contributed by atoms with Crippen molar-refractivity contribution in [3.05, 3.63) is 70.9 Å². The Bertz CT molecular complexity index is 1160. The van der Waals surface area contributed by atoms with Crippen molar-refractivity contribution in [1.29, 1.82) is 0 Å². The van der Waals surface area contributed by atoms with Crippen LogP contribution in [0.15, 0.2) is 54.7 Å². The summed E-state index contributed by atoms with van der Waals surface area (Å²) in [6.45, 7) is 2.21.